The van der Waals surface area contributed by atoms with Gasteiger partial charge in [-0.25, -0.2) is 24.7 Å². The van der Waals surface area contributed by atoms with Crippen molar-refractivity contribution in [2.75, 3.05) is 5.32 Å². The highest BCUT2D eigenvalue weighted by Crippen LogP contribution is 2.42. The number of rotatable bonds is 5. The van der Waals surface area contributed by atoms with Crippen LogP contribution in [0.3, 0.4) is 0 Å². The van der Waals surface area contributed by atoms with Gasteiger partial charge in [0.15, 0.2) is 5.82 Å². The first-order valence-electron chi connectivity index (χ1n) is 8.52. The third-order valence-corrected chi connectivity index (χ3v) is 4.47. The quantitative estimate of drug-likeness (QED) is 0.422. The SMILES string of the molecule is CC(NC(=O)Nc1cnc(C(F)(F)F)cc1SC(F)(F)F)c1ncnn1-c1ncccn1. The minimum Gasteiger partial charge on any atom is -0.328 e. The van der Waals surface area contributed by atoms with Crippen LogP contribution in [0.1, 0.15) is 24.5 Å². The van der Waals surface area contributed by atoms with Gasteiger partial charge in [0.1, 0.15) is 12.0 Å². The van der Waals surface area contributed by atoms with Crippen molar-refractivity contribution >= 4 is 23.5 Å². The Kier molecular flexibility index (Phi) is 6.52. The number of pyridine rings is 1. The molecule has 0 aliphatic heterocycles. The van der Waals surface area contributed by atoms with Gasteiger partial charge in [-0.2, -0.15) is 36.1 Å². The van der Waals surface area contributed by atoms with E-state index in [0.29, 0.717) is 6.20 Å². The molecule has 0 bridgehead atoms. The fraction of sp³-hybridized carbons (Fsp3) is 0.250. The molecule has 0 aromatic carbocycles. The zero-order valence-corrected chi connectivity index (χ0v) is 16.6. The molecule has 3 heterocycles. The summed E-state index contributed by atoms with van der Waals surface area (Å²) >= 11 is -0.809. The van der Waals surface area contributed by atoms with Crippen LogP contribution in [0.15, 0.2) is 41.9 Å². The van der Waals surface area contributed by atoms with Crippen molar-refractivity contribution in [1.29, 1.82) is 0 Å². The average Bonchev–Trinajstić information content (AvgIpc) is 3.18. The second kappa shape index (κ2) is 8.97. The standard InChI is InChI=1S/C16H12F6N8OS/c1-8(12-26-7-27-30(12)13-23-3-2-4-24-13)28-14(31)29-9-6-25-11(15(17,18)19)5-10(9)32-16(20,21)22/h2-8H,1H3,(H2,28,29,31). The number of halogens is 6. The molecule has 0 spiro atoms. The maximum absolute atomic E-state index is 12.8. The molecule has 0 aliphatic rings. The Balaban J connectivity index is 1.78. The maximum atomic E-state index is 12.8. The molecule has 2 N–H and O–H groups in total. The number of nitrogens with one attached hydrogen (secondary N) is 2. The molecule has 0 radical (unpaired) electrons. The summed E-state index contributed by atoms with van der Waals surface area (Å²) < 4.78 is 78.1. The summed E-state index contributed by atoms with van der Waals surface area (Å²) in [5.74, 6) is 0.353. The molecule has 170 valence electrons. The molecule has 3 rings (SSSR count). The Hall–Kier alpha value is -3.43. The van der Waals surface area contributed by atoms with Crippen molar-refractivity contribution in [3.63, 3.8) is 0 Å². The third-order valence-electron chi connectivity index (χ3n) is 3.68. The van der Waals surface area contributed by atoms with E-state index >= 15 is 0 Å². The largest absolute Gasteiger partial charge is 0.446 e. The molecule has 3 aromatic heterocycles. The van der Waals surface area contributed by atoms with Crippen LogP contribution < -0.4 is 10.6 Å². The fourth-order valence-electron chi connectivity index (χ4n) is 2.41. The summed E-state index contributed by atoms with van der Waals surface area (Å²) in [6.45, 7) is 1.50. The monoisotopic (exact) mass is 478 g/mol. The van der Waals surface area contributed by atoms with Gasteiger partial charge in [-0.3, -0.25) is 0 Å². The van der Waals surface area contributed by atoms with E-state index in [-0.39, 0.29) is 17.8 Å². The number of urea groups is 1. The number of anilines is 1. The molecule has 2 amide bonds. The van der Waals surface area contributed by atoms with Crippen molar-refractivity contribution < 1.29 is 31.1 Å². The topological polar surface area (TPSA) is 111 Å². The van der Waals surface area contributed by atoms with E-state index in [1.807, 2.05) is 0 Å². The number of carbonyl (C=O) groups excluding carboxylic acids is 1. The van der Waals surface area contributed by atoms with Gasteiger partial charge in [0.25, 0.3) is 5.95 Å². The van der Waals surface area contributed by atoms with Crippen LogP contribution in [0.4, 0.5) is 36.8 Å². The zero-order valence-electron chi connectivity index (χ0n) is 15.8. The molecule has 9 nitrogen and oxygen atoms in total. The lowest BCUT2D eigenvalue weighted by atomic mass is 10.3. The van der Waals surface area contributed by atoms with E-state index in [2.05, 4.69) is 35.7 Å². The average molecular weight is 478 g/mol. The Bertz CT molecular complexity index is 1090. The molecule has 16 heteroatoms. The van der Waals surface area contributed by atoms with Crippen LogP contribution in [-0.2, 0) is 6.18 Å². The molecule has 0 fully saturated rings. The van der Waals surface area contributed by atoms with Gasteiger partial charge < -0.3 is 10.6 Å². The number of hydrogen-bond acceptors (Lipinski definition) is 7. The van der Waals surface area contributed by atoms with E-state index in [9.17, 15) is 31.1 Å². The van der Waals surface area contributed by atoms with E-state index < -0.39 is 51.8 Å². The van der Waals surface area contributed by atoms with E-state index in [1.165, 1.54) is 30.3 Å². The van der Waals surface area contributed by atoms with Crippen LogP contribution in [0.25, 0.3) is 5.95 Å². The first-order valence-corrected chi connectivity index (χ1v) is 9.33. The van der Waals surface area contributed by atoms with Gasteiger partial charge in [-0.15, -0.1) is 0 Å². The van der Waals surface area contributed by atoms with Crippen LogP contribution in [-0.4, -0.2) is 41.3 Å². The zero-order chi connectivity index (χ0) is 23.5. The van der Waals surface area contributed by atoms with Gasteiger partial charge >= 0.3 is 17.7 Å². The van der Waals surface area contributed by atoms with E-state index in [0.717, 1.165) is 0 Å². The summed E-state index contributed by atoms with van der Waals surface area (Å²) in [7, 11) is 0. The second-order valence-electron chi connectivity index (χ2n) is 6.01. The summed E-state index contributed by atoms with van der Waals surface area (Å²) in [6.07, 6.45) is -0.368. The van der Waals surface area contributed by atoms with Crippen molar-refractivity contribution in [1.82, 2.24) is 35.0 Å². The normalized spacial score (nSPS) is 13.0. The highest BCUT2D eigenvalue weighted by Gasteiger charge is 2.36. The lowest BCUT2D eigenvalue weighted by Crippen LogP contribution is -2.33. The maximum Gasteiger partial charge on any atom is 0.446 e. The second-order valence-corrected chi connectivity index (χ2v) is 7.12. The molecular formula is C16H12F6N8OS. The number of alkyl halides is 6. The molecule has 3 aromatic rings. The van der Waals surface area contributed by atoms with Crippen molar-refractivity contribution in [3.8, 4) is 5.95 Å². The minimum atomic E-state index is -4.96. The summed E-state index contributed by atoms with van der Waals surface area (Å²) in [5, 5.41) is 8.43. The van der Waals surface area contributed by atoms with Gasteiger partial charge in [0.05, 0.1) is 17.9 Å². The fourth-order valence-corrected chi connectivity index (χ4v) is 3.05. The molecule has 1 unspecified atom stereocenters. The number of thioether (sulfide) groups is 1. The first-order chi connectivity index (χ1) is 14.9. The van der Waals surface area contributed by atoms with E-state index in [4.69, 9.17) is 0 Å². The number of hydrogen-bond donors (Lipinski definition) is 2. The summed E-state index contributed by atoms with van der Waals surface area (Å²) in [6, 6.07) is -0.0567. The lowest BCUT2D eigenvalue weighted by Gasteiger charge is -2.17. The third kappa shape index (κ3) is 5.83. The Labute approximate surface area is 179 Å². The number of amides is 2. The highest BCUT2D eigenvalue weighted by atomic mass is 32.2. The van der Waals surface area contributed by atoms with Crippen LogP contribution in [0, 0.1) is 0 Å². The number of carbonyl (C=O) groups is 1. The predicted molar refractivity (Wildman–Crippen MR) is 98.7 cm³/mol. The molecule has 32 heavy (non-hydrogen) atoms. The Morgan fingerprint density at radius 1 is 1.09 bits per heavy atom. The summed E-state index contributed by atoms with van der Waals surface area (Å²) in [5.41, 5.74) is -6.98. The molecule has 0 saturated carbocycles. The van der Waals surface area contributed by atoms with Crippen LogP contribution in [0.5, 0.6) is 0 Å². The van der Waals surface area contributed by atoms with Crippen LogP contribution >= 0.6 is 11.8 Å². The van der Waals surface area contributed by atoms with Crippen molar-refractivity contribution in [2.24, 2.45) is 0 Å². The van der Waals surface area contributed by atoms with Gasteiger partial charge in [0.2, 0.25) is 0 Å². The number of nitrogens with zero attached hydrogens (tertiary/aromatic N) is 6. The molecule has 1 atom stereocenters. The number of aromatic nitrogens is 6. The van der Waals surface area contributed by atoms with Crippen LogP contribution in [0.2, 0.25) is 0 Å². The van der Waals surface area contributed by atoms with Crippen molar-refractivity contribution in [3.05, 3.63) is 48.6 Å². The van der Waals surface area contributed by atoms with Gasteiger partial charge in [-0.1, -0.05) is 0 Å². The van der Waals surface area contributed by atoms with Crippen molar-refractivity contribution in [2.45, 2.75) is 29.5 Å². The molecular weight excluding hydrogens is 466 g/mol. The Morgan fingerprint density at radius 3 is 2.41 bits per heavy atom. The molecule has 0 aliphatic carbocycles. The highest BCUT2D eigenvalue weighted by molar-refractivity contribution is 8.00. The van der Waals surface area contributed by atoms with Gasteiger partial charge in [-0.05, 0) is 30.8 Å². The van der Waals surface area contributed by atoms with E-state index in [1.54, 1.807) is 6.07 Å². The van der Waals surface area contributed by atoms with Gasteiger partial charge in [0, 0.05) is 17.3 Å². The minimum absolute atomic E-state index is 0.157. The summed E-state index contributed by atoms with van der Waals surface area (Å²) in [4.78, 5) is 26.5. The first kappa shape index (κ1) is 23.2. The molecule has 0 saturated heterocycles. The Morgan fingerprint density at radius 2 is 1.78 bits per heavy atom. The predicted octanol–water partition coefficient (Wildman–Crippen LogP) is 3.97. The smallest absolute Gasteiger partial charge is 0.328 e. The lowest BCUT2D eigenvalue weighted by molar-refractivity contribution is -0.141.